The number of aromatic nitrogens is 2. The van der Waals surface area contributed by atoms with E-state index in [1.165, 1.54) is 6.07 Å². The van der Waals surface area contributed by atoms with Gasteiger partial charge in [-0.05, 0) is 48.5 Å². The highest BCUT2D eigenvalue weighted by Gasteiger charge is 2.30. The number of anilines is 1. The average Bonchev–Trinajstić information content (AvgIpc) is 3.28. The smallest absolute Gasteiger partial charge is 0.416 e. The molecule has 2 aromatic heterocycles. The third kappa shape index (κ3) is 4.47. The molecule has 3 N–H and O–H groups in total. The van der Waals surface area contributed by atoms with Crippen LogP contribution >= 0.6 is 0 Å². The number of nitrogens with one attached hydrogen (secondary N) is 1. The lowest BCUT2D eigenvalue weighted by atomic mass is 10.1. The minimum Gasteiger partial charge on any atom is -0.460 e. The Morgan fingerprint density at radius 3 is 2.62 bits per heavy atom. The van der Waals surface area contributed by atoms with Crippen molar-refractivity contribution >= 4 is 5.69 Å². The third-order valence-corrected chi connectivity index (χ3v) is 5.85. The van der Waals surface area contributed by atoms with Crippen molar-refractivity contribution in [2.75, 3.05) is 12.3 Å². The molecule has 1 aliphatic rings. The molecule has 34 heavy (non-hydrogen) atoms. The molecule has 0 saturated carbocycles. The number of H-pyrrole nitrogens is 1. The summed E-state index contributed by atoms with van der Waals surface area (Å²) in [5.41, 5.74) is 7.97. The predicted molar refractivity (Wildman–Crippen MR) is 122 cm³/mol. The van der Waals surface area contributed by atoms with E-state index in [4.69, 9.17) is 10.2 Å². The van der Waals surface area contributed by atoms with Crippen LogP contribution in [-0.2, 0) is 25.7 Å². The highest BCUT2D eigenvalue weighted by molar-refractivity contribution is 5.59. The van der Waals surface area contributed by atoms with Crippen molar-refractivity contribution in [3.63, 3.8) is 0 Å². The van der Waals surface area contributed by atoms with E-state index in [1.54, 1.807) is 30.3 Å². The van der Waals surface area contributed by atoms with Gasteiger partial charge in [0.15, 0.2) is 0 Å². The lowest BCUT2D eigenvalue weighted by molar-refractivity contribution is -0.137. The number of fused-ring (bicyclic) bond motifs is 1. The molecule has 6 nitrogen and oxygen atoms in total. The molecule has 0 spiro atoms. The van der Waals surface area contributed by atoms with Crippen LogP contribution in [0.2, 0.25) is 0 Å². The molecule has 0 saturated heterocycles. The SMILES string of the molecule is Nc1ccc(-c2nc3c(c(=O)[nH]2)CN(Cc2ccc(-c4cccc(C(F)(F)F)c4)o2)CC3)cc1. The molecule has 5 rings (SSSR count). The Balaban J connectivity index is 1.32. The van der Waals surface area contributed by atoms with Gasteiger partial charge in [-0.25, -0.2) is 4.98 Å². The molecule has 4 aromatic rings. The first-order valence-corrected chi connectivity index (χ1v) is 10.7. The number of hydrogen-bond donors (Lipinski definition) is 2. The molecule has 3 heterocycles. The van der Waals surface area contributed by atoms with Crippen molar-refractivity contribution in [2.24, 2.45) is 0 Å². The molecular formula is C25H21F3N4O2. The molecule has 0 bridgehead atoms. The summed E-state index contributed by atoms with van der Waals surface area (Å²) in [6, 6.07) is 15.6. The van der Waals surface area contributed by atoms with Crippen LogP contribution in [0, 0.1) is 0 Å². The Morgan fingerprint density at radius 1 is 1.06 bits per heavy atom. The lowest BCUT2D eigenvalue weighted by Crippen LogP contribution is -2.35. The van der Waals surface area contributed by atoms with Crippen molar-refractivity contribution < 1.29 is 17.6 Å². The third-order valence-electron chi connectivity index (χ3n) is 5.85. The molecule has 9 heteroatoms. The van der Waals surface area contributed by atoms with Gasteiger partial charge in [-0.3, -0.25) is 9.69 Å². The van der Waals surface area contributed by atoms with Crippen LogP contribution < -0.4 is 11.3 Å². The minimum absolute atomic E-state index is 0.189. The van der Waals surface area contributed by atoms with Gasteiger partial charge in [0.2, 0.25) is 0 Å². The van der Waals surface area contributed by atoms with Gasteiger partial charge in [-0.15, -0.1) is 0 Å². The monoisotopic (exact) mass is 466 g/mol. The van der Waals surface area contributed by atoms with Crippen LogP contribution in [0.1, 0.15) is 22.6 Å². The van der Waals surface area contributed by atoms with Crippen LogP contribution in [0.5, 0.6) is 0 Å². The average molecular weight is 466 g/mol. The number of nitrogens with two attached hydrogens (primary N) is 1. The van der Waals surface area contributed by atoms with Crippen molar-refractivity contribution in [3.05, 3.63) is 93.6 Å². The van der Waals surface area contributed by atoms with E-state index < -0.39 is 11.7 Å². The largest absolute Gasteiger partial charge is 0.460 e. The fourth-order valence-corrected chi connectivity index (χ4v) is 4.08. The summed E-state index contributed by atoms with van der Waals surface area (Å²) in [6.07, 6.45) is -3.82. The van der Waals surface area contributed by atoms with Crippen LogP contribution in [-0.4, -0.2) is 21.4 Å². The molecule has 2 aromatic carbocycles. The zero-order valence-corrected chi connectivity index (χ0v) is 18.0. The molecule has 0 aliphatic carbocycles. The van der Waals surface area contributed by atoms with Gasteiger partial charge in [-0.1, -0.05) is 12.1 Å². The van der Waals surface area contributed by atoms with Gasteiger partial charge in [-0.2, -0.15) is 13.2 Å². The number of benzene rings is 2. The van der Waals surface area contributed by atoms with Gasteiger partial charge in [0.1, 0.15) is 17.3 Å². The number of furan rings is 1. The first-order chi connectivity index (χ1) is 16.3. The zero-order chi connectivity index (χ0) is 23.9. The predicted octanol–water partition coefficient (Wildman–Crippen LogP) is 4.86. The van der Waals surface area contributed by atoms with Gasteiger partial charge < -0.3 is 15.1 Å². The van der Waals surface area contributed by atoms with Gasteiger partial charge in [0, 0.05) is 36.3 Å². The Kier molecular flexibility index (Phi) is 5.49. The summed E-state index contributed by atoms with van der Waals surface area (Å²) in [6.45, 7) is 1.50. The van der Waals surface area contributed by atoms with E-state index in [0.29, 0.717) is 60.2 Å². The van der Waals surface area contributed by atoms with Crippen LogP contribution in [0.4, 0.5) is 18.9 Å². The van der Waals surface area contributed by atoms with E-state index >= 15 is 0 Å². The Labute approximate surface area is 192 Å². The Morgan fingerprint density at radius 2 is 1.85 bits per heavy atom. The number of rotatable bonds is 4. The van der Waals surface area contributed by atoms with E-state index in [2.05, 4.69) is 14.9 Å². The maximum Gasteiger partial charge on any atom is 0.416 e. The second-order valence-electron chi connectivity index (χ2n) is 8.27. The quantitative estimate of drug-likeness (QED) is 0.420. The topological polar surface area (TPSA) is 88.1 Å². The fourth-order valence-electron chi connectivity index (χ4n) is 4.08. The molecular weight excluding hydrogens is 445 g/mol. The number of hydrogen-bond acceptors (Lipinski definition) is 5. The molecule has 1 aliphatic heterocycles. The fraction of sp³-hybridized carbons (Fsp3) is 0.200. The summed E-state index contributed by atoms with van der Waals surface area (Å²) in [4.78, 5) is 22.3. The summed E-state index contributed by atoms with van der Waals surface area (Å²) in [7, 11) is 0. The van der Waals surface area contributed by atoms with E-state index in [1.807, 2.05) is 12.1 Å². The van der Waals surface area contributed by atoms with Crippen molar-refractivity contribution in [1.82, 2.24) is 14.9 Å². The lowest BCUT2D eigenvalue weighted by Gasteiger charge is -2.26. The Hall–Kier alpha value is -3.85. The van der Waals surface area contributed by atoms with Gasteiger partial charge >= 0.3 is 6.18 Å². The van der Waals surface area contributed by atoms with E-state index in [-0.39, 0.29) is 5.56 Å². The summed E-state index contributed by atoms with van der Waals surface area (Å²) < 4.78 is 44.9. The molecule has 0 amide bonds. The molecule has 174 valence electrons. The van der Waals surface area contributed by atoms with Crippen LogP contribution in [0.15, 0.2) is 69.9 Å². The number of alkyl halides is 3. The van der Waals surface area contributed by atoms with Crippen molar-refractivity contribution in [3.8, 4) is 22.7 Å². The summed E-state index contributed by atoms with van der Waals surface area (Å²) in [5, 5.41) is 0. The van der Waals surface area contributed by atoms with Gasteiger partial charge in [0.25, 0.3) is 5.56 Å². The number of aromatic amines is 1. The first-order valence-electron chi connectivity index (χ1n) is 10.7. The Bertz CT molecular complexity index is 1390. The van der Waals surface area contributed by atoms with E-state index in [9.17, 15) is 18.0 Å². The second-order valence-corrected chi connectivity index (χ2v) is 8.27. The maximum atomic E-state index is 13.0. The molecule has 0 unspecified atom stereocenters. The van der Waals surface area contributed by atoms with Crippen LogP contribution in [0.25, 0.3) is 22.7 Å². The minimum atomic E-state index is -4.42. The normalized spacial score (nSPS) is 14.2. The summed E-state index contributed by atoms with van der Waals surface area (Å²) >= 11 is 0. The molecule has 0 fully saturated rings. The molecule has 0 atom stereocenters. The molecule has 0 radical (unpaired) electrons. The highest BCUT2D eigenvalue weighted by Crippen LogP contribution is 2.33. The standard InChI is InChI=1S/C25H21F3N4O2/c26-25(27,28)17-3-1-2-16(12-17)22-9-8-19(34-22)13-32-11-10-21-20(14-32)24(33)31-23(30-21)15-4-6-18(29)7-5-15/h1-9,12H,10-11,13-14,29H2,(H,30,31,33). The van der Waals surface area contributed by atoms with Crippen molar-refractivity contribution in [1.29, 1.82) is 0 Å². The zero-order valence-electron chi connectivity index (χ0n) is 18.0. The van der Waals surface area contributed by atoms with Crippen LogP contribution in [0.3, 0.4) is 0 Å². The highest BCUT2D eigenvalue weighted by atomic mass is 19.4. The first kappa shape index (κ1) is 22.0. The van der Waals surface area contributed by atoms with Crippen molar-refractivity contribution in [2.45, 2.75) is 25.7 Å². The van der Waals surface area contributed by atoms with Gasteiger partial charge in [0.05, 0.1) is 23.4 Å². The number of halogens is 3. The summed E-state index contributed by atoms with van der Waals surface area (Å²) in [5.74, 6) is 1.49. The maximum absolute atomic E-state index is 13.0. The number of nitrogen functional groups attached to an aromatic ring is 1. The second kappa shape index (κ2) is 8.49. The number of nitrogens with zero attached hydrogens (tertiary/aromatic N) is 2. The van der Waals surface area contributed by atoms with E-state index in [0.717, 1.165) is 23.4 Å².